The molecule has 0 aromatic heterocycles. The van der Waals surface area contributed by atoms with Gasteiger partial charge in [0, 0.05) is 5.69 Å². The first kappa shape index (κ1) is 11.0. The van der Waals surface area contributed by atoms with E-state index in [1.165, 1.54) is 5.56 Å². The summed E-state index contributed by atoms with van der Waals surface area (Å²) in [6, 6.07) is 7.91. The third kappa shape index (κ3) is 2.02. The van der Waals surface area contributed by atoms with Crippen LogP contribution in [0, 0.1) is 6.92 Å². The summed E-state index contributed by atoms with van der Waals surface area (Å²) < 4.78 is 5.05. The third-order valence-corrected chi connectivity index (χ3v) is 2.77. The van der Waals surface area contributed by atoms with Gasteiger partial charge in [-0.25, -0.2) is 4.79 Å². The van der Waals surface area contributed by atoms with E-state index in [1.54, 1.807) is 4.90 Å². The Morgan fingerprint density at radius 2 is 2.12 bits per heavy atom. The molecule has 1 fully saturated rings. The van der Waals surface area contributed by atoms with E-state index in [9.17, 15) is 4.79 Å². The van der Waals surface area contributed by atoms with Crippen molar-refractivity contribution >= 4 is 11.8 Å². The molecule has 1 amide bonds. The monoisotopic (exact) mass is 220 g/mol. The van der Waals surface area contributed by atoms with E-state index in [-0.39, 0.29) is 12.1 Å². The number of cyclic esters (lactones) is 1. The molecule has 1 aliphatic heterocycles. The molecule has 0 bridgehead atoms. The molecule has 4 heteroatoms. The number of anilines is 1. The molecule has 0 saturated carbocycles. The Morgan fingerprint density at radius 1 is 1.44 bits per heavy atom. The Labute approximate surface area is 95.0 Å². The number of nitrogens with zero attached hydrogens (tertiary/aromatic N) is 1. The Kier molecular flexibility index (Phi) is 3.10. The first-order chi connectivity index (χ1) is 7.72. The van der Waals surface area contributed by atoms with Crippen molar-refractivity contribution < 1.29 is 9.53 Å². The van der Waals surface area contributed by atoms with Gasteiger partial charge in [0.25, 0.3) is 0 Å². The summed E-state index contributed by atoms with van der Waals surface area (Å²) in [7, 11) is 0. The van der Waals surface area contributed by atoms with Crippen LogP contribution in [-0.4, -0.2) is 25.3 Å². The molecular weight excluding hydrogens is 204 g/mol. The topological polar surface area (TPSA) is 55.6 Å². The predicted molar refractivity (Wildman–Crippen MR) is 62.5 cm³/mol. The van der Waals surface area contributed by atoms with Crippen molar-refractivity contribution in [2.24, 2.45) is 5.73 Å². The zero-order valence-electron chi connectivity index (χ0n) is 9.35. The van der Waals surface area contributed by atoms with Gasteiger partial charge in [-0.2, -0.15) is 0 Å². The van der Waals surface area contributed by atoms with Gasteiger partial charge in [0.05, 0.1) is 6.04 Å². The van der Waals surface area contributed by atoms with E-state index in [1.807, 2.05) is 31.2 Å². The lowest BCUT2D eigenvalue weighted by molar-refractivity contribution is 0.178. The highest BCUT2D eigenvalue weighted by Gasteiger charge is 2.33. The van der Waals surface area contributed by atoms with Crippen molar-refractivity contribution in [1.29, 1.82) is 0 Å². The molecule has 1 aliphatic rings. The average molecular weight is 220 g/mol. The van der Waals surface area contributed by atoms with E-state index in [4.69, 9.17) is 10.5 Å². The van der Waals surface area contributed by atoms with Gasteiger partial charge in [-0.3, -0.25) is 4.90 Å². The second-order valence-corrected chi connectivity index (χ2v) is 4.01. The molecule has 1 saturated heterocycles. The van der Waals surface area contributed by atoms with Gasteiger partial charge in [0.15, 0.2) is 0 Å². The molecule has 0 aliphatic carbocycles. The summed E-state index contributed by atoms with van der Waals surface area (Å²) in [5.74, 6) is 0. The van der Waals surface area contributed by atoms with Crippen LogP contribution < -0.4 is 10.6 Å². The predicted octanol–water partition coefficient (Wildman–Crippen LogP) is 1.67. The molecule has 2 rings (SSSR count). The summed E-state index contributed by atoms with van der Waals surface area (Å²) in [6.07, 6.45) is 0.488. The van der Waals surface area contributed by atoms with Crippen LogP contribution in [0.1, 0.15) is 12.0 Å². The van der Waals surface area contributed by atoms with E-state index < -0.39 is 0 Å². The van der Waals surface area contributed by atoms with Gasteiger partial charge in [-0.05, 0) is 32.0 Å². The number of rotatable bonds is 3. The van der Waals surface area contributed by atoms with Crippen LogP contribution in [0.15, 0.2) is 24.3 Å². The summed E-state index contributed by atoms with van der Waals surface area (Å²) >= 11 is 0. The zero-order chi connectivity index (χ0) is 11.5. The minimum Gasteiger partial charge on any atom is -0.447 e. The van der Waals surface area contributed by atoms with Crippen LogP contribution in [0.4, 0.5) is 10.5 Å². The minimum atomic E-state index is -0.276. The van der Waals surface area contributed by atoms with E-state index in [2.05, 4.69) is 0 Å². The molecule has 2 N–H and O–H groups in total. The largest absolute Gasteiger partial charge is 0.447 e. The van der Waals surface area contributed by atoms with Crippen molar-refractivity contribution in [3.63, 3.8) is 0 Å². The number of hydrogen-bond acceptors (Lipinski definition) is 3. The van der Waals surface area contributed by atoms with Gasteiger partial charge in [-0.1, -0.05) is 17.7 Å². The molecule has 1 atom stereocenters. The molecule has 1 aromatic rings. The first-order valence-corrected chi connectivity index (χ1v) is 5.45. The maximum atomic E-state index is 11.6. The number of hydrogen-bond donors (Lipinski definition) is 1. The number of carbonyl (C=O) groups excluding carboxylic acids is 1. The molecule has 1 heterocycles. The normalized spacial score (nSPS) is 20.0. The SMILES string of the molecule is Cc1ccc(N2C(=O)OCC2CCN)cc1. The molecule has 4 nitrogen and oxygen atoms in total. The van der Waals surface area contributed by atoms with E-state index >= 15 is 0 Å². The van der Waals surface area contributed by atoms with E-state index in [0.717, 1.165) is 12.1 Å². The third-order valence-electron chi connectivity index (χ3n) is 2.77. The summed E-state index contributed by atoms with van der Waals surface area (Å²) in [4.78, 5) is 13.3. The number of amides is 1. The molecule has 1 unspecified atom stereocenters. The lowest BCUT2D eigenvalue weighted by Crippen LogP contribution is -2.34. The van der Waals surface area contributed by atoms with Gasteiger partial charge >= 0.3 is 6.09 Å². The number of benzene rings is 1. The Bertz CT molecular complexity index is 375. The van der Waals surface area contributed by atoms with Gasteiger partial charge < -0.3 is 10.5 Å². The van der Waals surface area contributed by atoms with Crippen LogP contribution in [0.25, 0.3) is 0 Å². The molecule has 1 aromatic carbocycles. The fourth-order valence-corrected chi connectivity index (χ4v) is 1.89. The Hall–Kier alpha value is -1.55. The lowest BCUT2D eigenvalue weighted by atomic mass is 10.1. The smallest absolute Gasteiger partial charge is 0.414 e. The van der Waals surface area contributed by atoms with Crippen LogP contribution >= 0.6 is 0 Å². The van der Waals surface area contributed by atoms with Crippen molar-refractivity contribution in [1.82, 2.24) is 0 Å². The highest BCUT2D eigenvalue weighted by molar-refractivity contribution is 5.90. The zero-order valence-corrected chi connectivity index (χ0v) is 9.35. The van der Waals surface area contributed by atoms with E-state index in [0.29, 0.717) is 13.2 Å². The Morgan fingerprint density at radius 3 is 2.75 bits per heavy atom. The van der Waals surface area contributed by atoms with Crippen LogP contribution in [0.3, 0.4) is 0 Å². The van der Waals surface area contributed by atoms with Crippen LogP contribution in [0.2, 0.25) is 0 Å². The number of carbonyl (C=O) groups is 1. The molecule has 0 radical (unpaired) electrons. The summed E-state index contributed by atoms with van der Waals surface area (Å²) in [6.45, 7) is 3.01. The molecule has 16 heavy (non-hydrogen) atoms. The minimum absolute atomic E-state index is 0.0696. The maximum absolute atomic E-state index is 11.6. The second-order valence-electron chi connectivity index (χ2n) is 4.01. The summed E-state index contributed by atoms with van der Waals surface area (Å²) in [5, 5.41) is 0. The van der Waals surface area contributed by atoms with Gasteiger partial charge in [-0.15, -0.1) is 0 Å². The van der Waals surface area contributed by atoms with Crippen LogP contribution in [0.5, 0.6) is 0 Å². The molecule has 86 valence electrons. The fraction of sp³-hybridized carbons (Fsp3) is 0.417. The van der Waals surface area contributed by atoms with Gasteiger partial charge in [0.2, 0.25) is 0 Å². The molecule has 0 spiro atoms. The van der Waals surface area contributed by atoms with Crippen molar-refractivity contribution in [2.45, 2.75) is 19.4 Å². The molecular formula is C12H16N2O2. The number of nitrogens with two attached hydrogens (primary N) is 1. The Balaban J connectivity index is 2.22. The number of aryl methyl sites for hydroxylation is 1. The van der Waals surface area contributed by atoms with Gasteiger partial charge in [0.1, 0.15) is 6.61 Å². The van der Waals surface area contributed by atoms with Crippen molar-refractivity contribution in [3.05, 3.63) is 29.8 Å². The van der Waals surface area contributed by atoms with Crippen molar-refractivity contribution in [3.8, 4) is 0 Å². The van der Waals surface area contributed by atoms with Crippen molar-refractivity contribution in [2.75, 3.05) is 18.1 Å². The number of ether oxygens (including phenoxy) is 1. The highest BCUT2D eigenvalue weighted by Crippen LogP contribution is 2.24. The standard InChI is InChI=1S/C12H16N2O2/c1-9-2-4-10(5-3-9)14-11(6-7-13)8-16-12(14)15/h2-5,11H,6-8,13H2,1H3. The van der Waals surface area contributed by atoms with Crippen LogP contribution in [-0.2, 0) is 4.74 Å². The highest BCUT2D eigenvalue weighted by atomic mass is 16.6. The lowest BCUT2D eigenvalue weighted by Gasteiger charge is -2.20. The average Bonchev–Trinajstić information content (AvgIpc) is 2.62. The maximum Gasteiger partial charge on any atom is 0.414 e. The second kappa shape index (κ2) is 4.53. The summed E-state index contributed by atoms with van der Waals surface area (Å²) in [5.41, 5.74) is 7.58. The fourth-order valence-electron chi connectivity index (χ4n) is 1.89. The first-order valence-electron chi connectivity index (χ1n) is 5.45. The quantitative estimate of drug-likeness (QED) is 0.843.